The van der Waals surface area contributed by atoms with Gasteiger partial charge >= 0.3 is 0 Å². The van der Waals surface area contributed by atoms with E-state index >= 15 is 0 Å². The molecule has 0 aliphatic carbocycles. The number of benzene rings is 2. The lowest BCUT2D eigenvalue weighted by Gasteiger charge is -2.19. The third kappa shape index (κ3) is 8.07. The van der Waals surface area contributed by atoms with E-state index in [0.717, 1.165) is 34.5 Å². The molecule has 6 nitrogen and oxygen atoms in total. The van der Waals surface area contributed by atoms with Crippen LogP contribution in [0, 0.1) is 0 Å². The molecule has 0 atom stereocenters. The van der Waals surface area contributed by atoms with Crippen LogP contribution in [0.2, 0.25) is 0 Å². The lowest BCUT2D eigenvalue weighted by molar-refractivity contribution is -0.00705. The summed E-state index contributed by atoms with van der Waals surface area (Å²) in [7, 11) is 0. The Morgan fingerprint density at radius 2 is 0.706 bits per heavy atom. The predicted octanol–water partition coefficient (Wildman–Crippen LogP) is 4.70. The quantitative estimate of drug-likeness (QED) is 0.477. The normalized spacial score (nSPS) is 19.6. The first-order valence-electron chi connectivity index (χ1n) is 11.9. The van der Waals surface area contributed by atoms with E-state index in [1.807, 2.05) is 23.5 Å². The van der Waals surface area contributed by atoms with Crippen LogP contribution in [0.15, 0.2) is 36.4 Å². The highest BCUT2D eigenvalue weighted by atomic mass is 32.2. The lowest BCUT2D eigenvalue weighted by Crippen LogP contribution is -2.15. The maximum Gasteiger partial charge on any atom is 0.127 e. The zero-order valence-electron chi connectivity index (χ0n) is 19.6. The summed E-state index contributed by atoms with van der Waals surface area (Å²) in [5.74, 6) is 5.56. The first-order chi connectivity index (χ1) is 16.9. The van der Waals surface area contributed by atoms with Crippen molar-refractivity contribution in [3.63, 3.8) is 0 Å². The molecule has 8 heteroatoms. The molecular formula is C26H34O6S2. The monoisotopic (exact) mass is 506 g/mol. The van der Waals surface area contributed by atoms with Gasteiger partial charge in [-0.05, 0) is 0 Å². The fourth-order valence-electron chi connectivity index (χ4n) is 3.81. The first-order valence-corrected chi connectivity index (χ1v) is 14.2. The molecule has 34 heavy (non-hydrogen) atoms. The molecular weight excluding hydrogens is 472 g/mol. The molecule has 0 unspecified atom stereocenters. The van der Waals surface area contributed by atoms with Crippen LogP contribution in [0.25, 0.3) is 0 Å². The average molecular weight is 507 g/mol. The van der Waals surface area contributed by atoms with Crippen LogP contribution in [-0.4, -0.2) is 66.1 Å². The van der Waals surface area contributed by atoms with Gasteiger partial charge in [0.2, 0.25) is 0 Å². The Labute approximate surface area is 211 Å². The highest BCUT2D eigenvalue weighted by molar-refractivity contribution is 7.98. The number of ether oxygens (including phenoxy) is 6. The molecule has 3 heterocycles. The van der Waals surface area contributed by atoms with E-state index in [2.05, 4.69) is 36.4 Å². The van der Waals surface area contributed by atoms with Gasteiger partial charge in [0.15, 0.2) is 0 Å². The van der Waals surface area contributed by atoms with Gasteiger partial charge in [0.1, 0.15) is 24.7 Å². The molecule has 6 bridgehead atoms. The molecule has 0 spiro atoms. The Balaban J connectivity index is 1.49. The van der Waals surface area contributed by atoms with Crippen molar-refractivity contribution in [1.29, 1.82) is 0 Å². The van der Waals surface area contributed by atoms with E-state index in [1.54, 1.807) is 0 Å². The zero-order chi connectivity index (χ0) is 23.3. The van der Waals surface area contributed by atoms with Crippen LogP contribution in [-0.2, 0) is 42.0 Å². The minimum atomic E-state index is 0.527. The summed E-state index contributed by atoms with van der Waals surface area (Å²) in [6.07, 6.45) is 0. The summed E-state index contributed by atoms with van der Waals surface area (Å²) in [4.78, 5) is 0. The van der Waals surface area contributed by atoms with Gasteiger partial charge in [-0.3, -0.25) is 0 Å². The second kappa shape index (κ2) is 14.9. The summed E-state index contributed by atoms with van der Waals surface area (Å²) >= 11 is 3.77. The van der Waals surface area contributed by atoms with Crippen molar-refractivity contribution in [3.8, 4) is 11.5 Å². The standard InChI is InChI=1S/C26H34O6S2/c1-3-21-17-33-19-23-5-2-6-24-20-34-18-22(4-1)25(21)31-15-13-29-11-9-27-7-8-28-10-12-30-14-16-32-26(23)24/h1-6H,7-20H2. The van der Waals surface area contributed by atoms with Crippen LogP contribution in [0.3, 0.4) is 0 Å². The molecule has 0 amide bonds. The number of hydrogen-bond donors (Lipinski definition) is 0. The van der Waals surface area contributed by atoms with Crippen LogP contribution >= 0.6 is 23.5 Å². The highest BCUT2D eigenvalue weighted by Crippen LogP contribution is 2.37. The Morgan fingerprint density at radius 3 is 1.03 bits per heavy atom. The summed E-state index contributed by atoms with van der Waals surface area (Å²) in [6, 6.07) is 13.0. The van der Waals surface area contributed by atoms with E-state index in [1.165, 1.54) is 22.3 Å². The second-order valence-corrected chi connectivity index (χ2v) is 9.91. The Hall–Kier alpha value is -1.42. The Morgan fingerprint density at radius 1 is 0.412 bits per heavy atom. The van der Waals surface area contributed by atoms with Crippen molar-refractivity contribution >= 4 is 23.5 Å². The Kier molecular flexibility index (Phi) is 11.2. The van der Waals surface area contributed by atoms with Gasteiger partial charge in [-0.15, -0.1) is 0 Å². The fourth-order valence-corrected chi connectivity index (χ4v) is 5.80. The molecule has 0 saturated heterocycles. The lowest BCUT2D eigenvalue weighted by atomic mass is 10.1. The van der Waals surface area contributed by atoms with E-state index in [0.29, 0.717) is 66.1 Å². The number of hydrogen-bond acceptors (Lipinski definition) is 8. The molecule has 0 saturated carbocycles. The molecule has 5 rings (SSSR count). The summed E-state index contributed by atoms with van der Waals surface area (Å²) in [5.41, 5.74) is 4.93. The van der Waals surface area contributed by atoms with Gasteiger partial charge in [0.05, 0.1) is 52.9 Å². The predicted molar refractivity (Wildman–Crippen MR) is 137 cm³/mol. The van der Waals surface area contributed by atoms with Gasteiger partial charge in [0, 0.05) is 45.3 Å². The van der Waals surface area contributed by atoms with E-state index in [4.69, 9.17) is 28.4 Å². The van der Waals surface area contributed by atoms with Crippen LogP contribution in [0.5, 0.6) is 11.5 Å². The van der Waals surface area contributed by atoms with E-state index < -0.39 is 0 Å². The van der Waals surface area contributed by atoms with E-state index in [9.17, 15) is 0 Å². The van der Waals surface area contributed by atoms with Gasteiger partial charge in [-0.2, -0.15) is 23.5 Å². The topological polar surface area (TPSA) is 55.4 Å². The number of thioether (sulfide) groups is 2. The van der Waals surface area contributed by atoms with Gasteiger partial charge in [-0.1, -0.05) is 36.4 Å². The van der Waals surface area contributed by atoms with Crippen molar-refractivity contribution < 1.29 is 28.4 Å². The van der Waals surface area contributed by atoms with Crippen molar-refractivity contribution in [2.75, 3.05) is 66.1 Å². The largest absolute Gasteiger partial charge is 0.491 e. The van der Waals surface area contributed by atoms with E-state index in [-0.39, 0.29) is 0 Å². The van der Waals surface area contributed by atoms with Crippen molar-refractivity contribution in [2.45, 2.75) is 23.0 Å². The van der Waals surface area contributed by atoms with Gasteiger partial charge < -0.3 is 28.4 Å². The van der Waals surface area contributed by atoms with Crippen LogP contribution in [0.1, 0.15) is 22.3 Å². The summed E-state index contributed by atoms with van der Waals surface area (Å²) in [6.45, 7) is 5.43. The molecule has 0 aromatic heterocycles. The van der Waals surface area contributed by atoms with Crippen molar-refractivity contribution in [3.05, 3.63) is 58.7 Å². The average Bonchev–Trinajstić information content (AvgIpc) is 2.85. The molecule has 3 aliphatic rings. The third-order valence-corrected chi connectivity index (χ3v) is 7.51. The minimum Gasteiger partial charge on any atom is -0.491 e. The Bertz CT molecular complexity index is 762. The maximum absolute atomic E-state index is 6.26. The second-order valence-electron chi connectivity index (χ2n) is 7.94. The number of para-hydroxylation sites is 2. The molecule has 0 radical (unpaired) electrons. The SMILES string of the molecule is c1cc2c3c(c1)CSCc1cccc(c1OCCOCCOCCOCCOCCO3)CSC2. The molecule has 0 fully saturated rings. The van der Waals surface area contributed by atoms with Crippen molar-refractivity contribution in [1.82, 2.24) is 0 Å². The maximum atomic E-state index is 6.26. The number of fused-ring (bicyclic) bond motifs is 19. The molecule has 3 aliphatic heterocycles. The summed E-state index contributed by atoms with van der Waals surface area (Å²) in [5, 5.41) is 0. The van der Waals surface area contributed by atoms with Crippen LogP contribution < -0.4 is 9.47 Å². The minimum absolute atomic E-state index is 0.527. The molecule has 0 N–H and O–H groups in total. The first kappa shape index (κ1) is 25.7. The number of rotatable bonds is 0. The third-order valence-electron chi connectivity index (χ3n) is 5.45. The molecule has 2 aromatic carbocycles. The summed E-state index contributed by atoms with van der Waals surface area (Å²) < 4.78 is 35.0. The van der Waals surface area contributed by atoms with Gasteiger partial charge in [-0.25, -0.2) is 0 Å². The molecule has 2 aromatic rings. The molecule has 186 valence electrons. The van der Waals surface area contributed by atoms with Gasteiger partial charge in [0.25, 0.3) is 0 Å². The van der Waals surface area contributed by atoms with Crippen molar-refractivity contribution in [2.24, 2.45) is 0 Å². The smallest absolute Gasteiger partial charge is 0.127 e. The highest BCUT2D eigenvalue weighted by Gasteiger charge is 2.16. The fraction of sp³-hybridized carbons (Fsp3) is 0.538. The van der Waals surface area contributed by atoms with Crippen LogP contribution in [0.4, 0.5) is 0 Å². The zero-order valence-corrected chi connectivity index (χ0v) is 21.3.